The lowest BCUT2D eigenvalue weighted by Crippen LogP contribution is -2.47. The summed E-state index contributed by atoms with van der Waals surface area (Å²) < 4.78 is 0. The molecule has 1 aliphatic rings. The zero-order chi connectivity index (χ0) is 16.3. The van der Waals surface area contributed by atoms with Crippen LogP contribution >= 0.6 is 12.4 Å². The van der Waals surface area contributed by atoms with Gasteiger partial charge >= 0.3 is 0 Å². The van der Waals surface area contributed by atoms with E-state index in [0.717, 1.165) is 26.1 Å². The summed E-state index contributed by atoms with van der Waals surface area (Å²) in [5.41, 5.74) is 1.31. The molecule has 1 fully saturated rings. The molecule has 0 aromatic heterocycles. The Kier molecular flexibility index (Phi) is 7.09. The van der Waals surface area contributed by atoms with E-state index in [-0.39, 0.29) is 23.7 Å². The molecule has 1 saturated heterocycles. The van der Waals surface area contributed by atoms with Crippen LogP contribution in [0.1, 0.15) is 46.1 Å². The number of hydrogen-bond donors (Lipinski definition) is 1. The number of phenolic OH excluding ortho intramolecular Hbond substituents is 1. The molecule has 23 heavy (non-hydrogen) atoms. The van der Waals surface area contributed by atoms with E-state index in [1.54, 1.807) is 6.07 Å². The Balaban J connectivity index is 0.00000264. The van der Waals surface area contributed by atoms with Gasteiger partial charge in [0.2, 0.25) is 0 Å². The van der Waals surface area contributed by atoms with Crippen LogP contribution in [0.5, 0.6) is 5.75 Å². The summed E-state index contributed by atoms with van der Waals surface area (Å²) in [5, 5.41) is 9.75. The molecule has 0 spiro atoms. The van der Waals surface area contributed by atoms with Crippen LogP contribution in [0.2, 0.25) is 0 Å². The monoisotopic (exact) mass is 339 g/mol. The van der Waals surface area contributed by atoms with Crippen molar-refractivity contribution in [3.63, 3.8) is 0 Å². The minimum absolute atomic E-state index is 0. The second kappa shape index (κ2) is 8.16. The average Bonchev–Trinajstić information content (AvgIpc) is 2.48. The standard InChI is InChI=1S/C19H29NO2.ClH/c1-14(2)18(22)8-10-20-11-9-19(4,15(3)13-20)16-6-5-7-17(21)12-16;/h5-7,12,14-15,21H,8-11,13H2,1-4H3;1H. The van der Waals surface area contributed by atoms with Gasteiger partial charge in [0.1, 0.15) is 11.5 Å². The minimum Gasteiger partial charge on any atom is -0.508 e. The molecule has 0 radical (unpaired) electrons. The number of aromatic hydroxyl groups is 1. The lowest BCUT2D eigenvalue weighted by Gasteiger charge is -2.45. The van der Waals surface area contributed by atoms with Crippen LogP contribution in [-0.4, -0.2) is 35.4 Å². The Hall–Kier alpha value is -1.06. The first-order valence-electron chi connectivity index (χ1n) is 8.37. The number of ketones is 1. The number of phenols is 1. The van der Waals surface area contributed by atoms with Gasteiger partial charge in [-0.3, -0.25) is 4.79 Å². The van der Waals surface area contributed by atoms with Crippen LogP contribution in [0.25, 0.3) is 0 Å². The fourth-order valence-electron chi connectivity index (χ4n) is 3.37. The topological polar surface area (TPSA) is 40.5 Å². The average molecular weight is 340 g/mol. The molecule has 4 heteroatoms. The number of carbonyl (C=O) groups excluding carboxylic acids is 1. The molecule has 0 bridgehead atoms. The van der Waals surface area contributed by atoms with Crippen LogP contribution in [-0.2, 0) is 10.2 Å². The summed E-state index contributed by atoms with van der Waals surface area (Å²) in [5.74, 6) is 1.34. The van der Waals surface area contributed by atoms with Crippen LogP contribution in [0, 0.1) is 11.8 Å². The number of hydrogen-bond acceptors (Lipinski definition) is 3. The lowest BCUT2D eigenvalue weighted by atomic mass is 9.68. The van der Waals surface area contributed by atoms with Gasteiger partial charge in [-0.05, 0) is 42.0 Å². The molecule has 1 N–H and O–H groups in total. The molecule has 130 valence electrons. The summed E-state index contributed by atoms with van der Waals surface area (Å²) in [6, 6.07) is 7.67. The van der Waals surface area contributed by atoms with E-state index in [9.17, 15) is 9.90 Å². The van der Waals surface area contributed by atoms with Crippen LogP contribution in [0.15, 0.2) is 24.3 Å². The highest BCUT2D eigenvalue weighted by atomic mass is 35.5. The first-order chi connectivity index (χ1) is 10.3. The molecule has 0 aliphatic carbocycles. The predicted octanol–water partition coefficient (Wildman–Crippen LogP) is 4.03. The number of nitrogens with zero attached hydrogens (tertiary/aromatic N) is 1. The van der Waals surface area contributed by atoms with Gasteiger partial charge in [0.25, 0.3) is 0 Å². The minimum atomic E-state index is 0. The van der Waals surface area contributed by atoms with Gasteiger partial charge in [-0.2, -0.15) is 0 Å². The third-order valence-electron chi connectivity index (χ3n) is 5.39. The molecule has 1 aromatic rings. The summed E-state index contributed by atoms with van der Waals surface area (Å²) in [6.45, 7) is 11.4. The normalized spacial score (nSPS) is 25.2. The lowest BCUT2D eigenvalue weighted by molar-refractivity contribution is -0.122. The van der Waals surface area contributed by atoms with E-state index >= 15 is 0 Å². The van der Waals surface area contributed by atoms with Crippen molar-refractivity contribution in [1.82, 2.24) is 4.90 Å². The predicted molar refractivity (Wildman–Crippen MR) is 97.4 cm³/mol. The maximum Gasteiger partial charge on any atom is 0.136 e. The number of piperidine rings is 1. The van der Waals surface area contributed by atoms with E-state index in [2.05, 4.69) is 24.8 Å². The summed E-state index contributed by atoms with van der Waals surface area (Å²) in [6.07, 6.45) is 1.72. The molecule has 1 aromatic carbocycles. The Morgan fingerprint density at radius 3 is 2.70 bits per heavy atom. The number of rotatable bonds is 5. The van der Waals surface area contributed by atoms with Crippen molar-refractivity contribution in [2.75, 3.05) is 19.6 Å². The molecule has 1 aliphatic heterocycles. The molecular formula is C19H30ClNO2. The van der Waals surface area contributed by atoms with Gasteiger partial charge in [0.15, 0.2) is 0 Å². The Morgan fingerprint density at radius 1 is 1.43 bits per heavy atom. The molecule has 2 unspecified atom stereocenters. The molecule has 2 rings (SSSR count). The Labute approximate surface area is 146 Å². The summed E-state index contributed by atoms with van der Waals surface area (Å²) in [4.78, 5) is 14.2. The van der Waals surface area contributed by atoms with Gasteiger partial charge in [0.05, 0.1) is 0 Å². The Bertz CT molecular complexity index is 532. The highest BCUT2D eigenvalue weighted by Gasteiger charge is 2.38. The van der Waals surface area contributed by atoms with Crippen molar-refractivity contribution in [1.29, 1.82) is 0 Å². The Morgan fingerprint density at radius 2 is 2.13 bits per heavy atom. The number of likely N-dealkylation sites (tertiary alicyclic amines) is 1. The second-order valence-electron chi connectivity index (χ2n) is 7.29. The quantitative estimate of drug-likeness (QED) is 0.880. The molecule has 0 saturated carbocycles. The first kappa shape index (κ1) is 20.0. The smallest absolute Gasteiger partial charge is 0.136 e. The largest absolute Gasteiger partial charge is 0.508 e. The maximum absolute atomic E-state index is 11.8. The maximum atomic E-state index is 11.8. The fraction of sp³-hybridized carbons (Fsp3) is 0.632. The van der Waals surface area contributed by atoms with Crippen LogP contribution < -0.4 is 0 Å². The highest BCUT2D eigenvalue weighted by Crippen LogP contribution is 2.40. The molecular weight excluding hydrogens is 310 g/mol. The fourth-order valence-corrected chi connectivity index (χ4v) is 3.37. The third-order valence-corrected chi connectivity index (χ3v) is 5.39. The molecule has 0 amide bonds. The number of carbonyl (C=O) groups is 1. The van der Waals surface area contributed by atoms with Gasteiger partial charge in [-0.25, -0.2) is 0 Å². The van der Waals surface area contributed by atoms with E-state index in [1.807, 2.05) is 26.0 Å². The SMILES string of the molecule is CC(C)C(=O)CCN1CCC(C)(c2cccc(O)c2)C(C)C1.Cl. The van der Waals surface area contributed by atoms with Crippen LogP contribution in [0.4, 0.5) is 0 Å². The number of halogens is 1. The van der Waals surface area contributed by atoms with Crippen molar-refractivity contribution in [2.24, 2.45) is 11.8 Å². The second-order valence-corrected chi connectivity index (χ2v) is 7.29. The molecule has 1 heterocycles. The van der Waals surface area contributed by atoms with E-state index in [0.29, 0.717) is 23.9 Å². The van der Waals surface area contributed by atoms with E-state index < -0.39 is 0 Å². The first-order valence-corrected chi connectivity index (χ1v) is 8.37. The van der Waals surface area contributed by atoms with E-state index in [1.165, 1.54) is 5.56 Å². The van der Waals surface area contributed by atoms with Crippen molar-refractivity contribution in [3.05, 3.63) is 29.8 Å². The zero-order valence-corrected chi connectivity index (χ0v) is 15.5. The summed E-state index contributed by atoms with van der Waals surface area (Å²) >= 11 is 0. The molecule has 3 nitrogen and oxygen atoms in total. The van der Waals surface area contributed by atoms with Crippen molar-refractivity contribution >= 4 is 18.2 Å². The van der Waals surface area contributed by atoms with Gasteiger partial charge < -0.3 is 10.0 Å². The molecule has 2 atom stereocenters. The van der Waals surface area contributed by atoms with E-state index in [4.69, 9.17) is 0 Å². The van der Waals surface area contributed by atoms with Crippen molar-refractivity contribution in [2.45, 2.75) is 46.0 Å². The van der Waals surface area contributed by atoms with Gasteiger partial charge in [0, 0.05) is 25.4 Å². The van der Waals surface area contributed by atoms with Gasteiger partial charge in [-0.15, -0.1) is 12.4 Å². The van der Waals surface area contributed by atoms with Crippen molar-refractivity contribution < 1.29 is 9.90 Å². The van der Waals surface area contributed by atoms with Gasteiger partial charge in [-0.1, -0.05) is 39.8 Å². The zero-order valence-electron chi connectivity index (χ0n) is 14.7. The number of benzene rings is 1. The number of Topliss-reactive ketones (excluding diaryl/α,β-unsaturated/α-hetero) is 1. The van der Waals surface area contributed by atoms with Crippen LogP contribution in [0.3, 0.4) is 0 Å². The summed E-state index contributed by atoms with van der Waals surface area (Å²) in [7, 11) is 0. The third kappa shape index (κ3) is 4.71. The van der Waals surface area contributed by atoms with Crippen molar-refractivity contribution in [3.8, 4) is 5.75 Å². The highest BCUT2D eigenvalue weighted by molar-refractivity contribution is 5.85.